The smallest absolute Gasteiger partial charge is 0.416 e. The normalized spacial score (nSPS) is 13.5. The van der Waals surface area contributed by atoms with Crippen LogP contribution in [0.1, 0.15) is 23.7 Å². The Morgan fingerprint density at radius 1 is 1.41 bits per heavy atom. The van der Waals surface area contributed by atoms with Gasteiger partial charge in [-0.3, -0.25) is 4.79 Å². The summed E-state index contributed by atoms with van der Waals surface area (Å²) in [4.78, 5) is 10.4. The van der Waals surface area contributed by atoms with Gasteiger partial charge in [0.25, 0.3) is 0 Å². The fourth-order valence-electron chi connectivity index (χ4n) is 1.39. The maximum atomic E-state index is 12.6. The number of halogens is 4. The Kier molecular flexibility index (Phi) is 4.00. The summed E-state index contributed by atoms with van der Waals surface area (Å²) >= 11 is 5.56. The van der Waals surface area contributed by atoms with Crippen LogP contribution >= 0.6 is 11.6 Å². The van der Waals surface area contributed by atoms with Crippen molar-refractivity contribution >= 4 is 17.6 Å². The largest absolute Gasteiger partial charge is 0.481 e. The highest BCUT2D eigenvalue weighted by Gasteiger charge is 2.36. The minimum absolute atomic E-state index is 0.312. The zero-order valence-electron chi connectivity index (χ0n) is 8.33. The van der Waals surface area contributed by atoms with Crippen LogP contribution in [-0.2, 0) is 11.0 Å². The average Bonchev–Trinajstić information content (AvgIpc) is 2.14. The molecule has 0 unspecified atom stereocenters. The molecule has 1 atom stereocenters. The van der Waals surface area contributed by atoms with Crippen molar-refractivity contribution in [3.63, 3.8) is 0 Å². The summed E-state index contributed by atoms with van der Waals surface area (Å²) < 4.78 is 37.8. The van der Waals surface area contributed by atoms with Gasteiger partial charge in [-0.1, -0.05) is 17.7 Å². The summed E-state index contributed by atoms with van der Waals surface area (Å²) in [6.45, 7) is 0. The Morgan fingerprint density at radius 3 is 2.47 bits per heavy atom. The first-order valence-electron chi connectivity index (χ1n) is 4.49. The molecule has 0 aliphatic rings. The number of hydrogen-bond donors (Lipinski definition) is 2. The van der Waals surface area contributed by atoms with E-state index in [1.54, 1.807) is 0 Å². The van der Waals surface area contributed by atoms with E-state index >= 15 is 0 Å². The molecule has 3 nitrogen and oxygen atoms in total. The molecule has 0 amide bonds. The van der Waals surface area contributed by atoms with Crippen LogP contribution in [0, 0.1) is 0 Å². The summed E-state index contributed by atoms with van der Waals surface area (Å²) in [5.41, 5.74) is -1.73. The van der Waals surface area contributed by atoms with E-state index in [1.165, 1.54) is 0 Å². The zero-order valence-corrected chi connectivity index (χ0v) is 9.09. The summed E-state index contributed by atoms with van der Waals surface area (Å²) in [7, 11) is 0. The molecule has 0 fully saturated rings. The first-order valence-corrected chi connectivity index (χ1v) is 4.86. The van der Waals surface area contributed by atoms with Crippen molar-refractivity contribution in [2.75, 3.05) is 0 Å². The summed E-state index contributed by atoms with van der Waals surface area (Å²) in [5, 5.41) is 17.6. The lowest BCUT2D eigenvalue weighted by Gasteiger charge is -2.17. The number of benzene rings is 1. The Morgan fingerprint density at radius 2 is 2.00 bits per heavy atom. The van der Waals surface area contributed by atoms with Gasteiger partial charge in [-0.15, -0.1) is 0 Å². The average molecular weight is 269 g/mol. The quantitative estimate of drug-likeness (QED) is 0.886. The standard InChI is InChI=1S/C10H8ClF3O3/c11-6-3-1-2-5(10(12,13)14)9(6)7(15)4-8(16)17/h1-3,7,15H,4H2,(H,16,17)/t7-/m1/s1. The van der Waals surface area contributed by atoms with Crippen LogP contribution in [0.5, 0.6) is 0 Å². The molecule has 0 heterocycles. The summed E-state index contributed by atoms with van der Waals surface area (Å²) in [5.74, 6) is -1.41. The maximum absolute atomic E-state index is 12.6. The highest BCUT2D eigenvalue weighted by atomic mass is 35.5. The topological polar surface area (TPSA) is 57.5 Å². The van der Waals surface area contributed by atoms with E-state index in [0.717, 1.165) is 18.2 Å². The molecular weight excluding hydrogens is 261 g/mol. The number of hydrogen-bond acceptors (Lipinski definition) is 2. The van der Waals surface area contributed by atoms with E-state index in [2.05, 4.69) is 0 Å². The fourth-order valence-corrected chi connectivity index (χ4v) is 1.69. The van der Waals surface area contributed by atoms with Crippen LogP contribution in [0.4, 0.5) is 13.2 Å². The SMILES string of the molecule is O=C(O)C[C@@H](O)c1c(Cl)cccc1C(F)(F)F. The first kappa shape index (κ1) is 13.8. The molecule has 7 heteroatoms. The minimum atomic E-state index is -4.69. The van der Waals surface area contributed by atoms with Crippen LogP contribution in [0.25, 0.3) is 0 Å². The van der Waals surface area contributed by atoms with Gasteiger partial charge in [-0.25, -0.2) is 0 Å². The monoisotopic (exact) mass is 268 g/mol. The molecule has 0 spiro atoms. The molecule has 0 aliphatic heterocycles. The van der Waals surface area contributed by atoms with Crippen LogP contribution in [-0.4, -0.2) is 16.2 Å². The van der Waals surface area contributed by atoms with E-state index in [4.69, 9.17) is 16.7 Å². The molecule has 94 valence electrons. The van der Waals surface area contributed by atoms with Crippen LogP contribution < -0.4 is 0 Å². The third-order valence-corrected chi connectivity index (χ3v) is 2.39. The number of carbonyl (C=O) groups is 1. The molecule has 0 saturated carbocycles. The van der Waals surface area contributed by atoms with Gasteiger partial charge in [0.1, 0.15) is 0 Å². The summed E-state index contributed by atoms with van der Waals surface area (Å²) in [6, 6.07) is 2.99. The van der Waals surface area contributed by atoms with Gasteiger partial charge in [0.05, 0.1) is 18.1 Å². The van der Waals surface area contributed by atoms with Gasteiger partial charge >= 0.3 is 12.1 Å². The van der Waals surface area contributed by atoms with Crippen LogP contribution in [0.3, 0.4) is 0 Å². The van der Waals surface area contributed by atoms with E-state index < -0.39 is 35.8 Å². The van der Waals surface area contributed by atoms with Crippen LogP contribution in [0.15, 0.2) is 18.2 Å². The van der Waals surface area contributed by atoms with E-state index in [0.29, 0.717) is 0 Å². The van der Waals surface area contributed by atoms with E-state index in [-0.39, 0.29) is 5.02 Å². The second-order valence-corrected chi connectivity index (χ2v) is 3.72. The molecule has 1 aromatic rings. The molecule has 0 saturated heterocycles. The zero-order chi connectivity index (χ0) is 13.2. The first-order chi connectivity index (χ1) is 7.73. The third-order valence-electron chi connectivity index (χ3n) is 2.06. The number of rotatable bonds is 3. The van der Waals surface area contributed by atoms with Crippen molar-refractivity contribution in [3.05, 3.63) is 34.3 Å². The Bertz CT molecular complexity index is 431. The molecule has 17 heavy (non-hydrogen) atoms. The van der Waals surface area contributed by atoms with Crippen molar-refractivity contribution < 1.29 is 28.2 Å². The van der Waals surface area contributed by atoms with Crippen molar-refractivity contribution in [1.29, 1.82) is 0 Å². The Balaban J connectivity index is 3.25. The van der Waals surface area contributed by atoms with Crippen molar-refractivity contribution in [3.8, 4) is 0 Å². The highest BCUT2D eigenvalue weighted by Crippen LogP contribution is 2.38. The lowest BCUT2D eigenvalue weighted by Crippen LogP contribution is -2.14. The predicted octanol–water partition coefficient (Wildman–Crippen LogP) is 2.87. The second kappa shape index (κ2) is 4.93. The van der Waals surface area contributed by atoms with Crippen molar-refractivity contribution in [1.82, 2.24) is 0 Å². The van der Waals surface area contributed by atoms with Gasteiger partial charge < -0.3 is 10.2 Å². The number of aliphatic hydroxyl groups excluding tert-OH is 1. The predicted molar refractivity (Wildman–Crippen MR) is 53.7 cm³/mol. The second-order valence-electron chi connectivity index (χ2n) is 3.31. The highest BCUT2D eigenvalue weighted by molar-refractivity contribution is 6.31. The number of aliphatic hydroxyl groups is 1. The fraction of sp³-hybridized carbons (Fsp3) is 0.300. The molecule has 0 aliphatic carbocycles. The van der Waals surface area contributed by atoms with Gasteiger partial charge in [-0.05, 0) is 12.1 Å². The minimum Gasteiger partial charge on any atom is -0.481 e. The van der Waals surface area contributed by atoms with E-state index in [9.17, 15) is 23.1 Å². The van der Waals surface area contributed by atoms with Gasteiger partial charge in [0.15, 0.2) is 0 Å². The lowest BCUT2D eigenvalue weighted by atomic mass is 10.00. The Hall–Kier alpha value is -1.27. The Labute approximate surface area is 99.4 Å². The van der Waals surface area contributed by atoms with Gasteiger partial charge in [-0.2, -0.15) is 13.2 Å². The number of carboxylic acid groups (broad SMARTS) is 1. The molecule has 2 N–H and O–H groups in total. The molecular formula is C10H8ClF3O3. The van der Waals surface area contributed by atoms with Gasteiger partial charge in [0.2, 0.25) is 0 Å². The third kappa shape index (κ3) is 3.34. The van der Waals surface area contributed by atoms with Gasteiger partial charge in [0, 0.05) is 10.6 Å². The maximum Gasteiger partial charge on any atom is 0.416 e. The molecule has 1 aromatic carbocycles. The molecule has 0 bridgehead atoms. The molecule has 0 aromatic heterocycles. The summed E-state index contributed by atoms with van der Waals surface area (Å²) in [6.07, 6.45) is -7.33. The van der Waals surface area contributed by atoms with Crippen molar-refractivity contribution in [2.24, 2.45) is 0 Å². The molecule has 1 rings (SSSR count). The van der Waals surface area contributed by atoms with E-state index in [1.807, 2.05) is 0 Å². The molecule has 0 radical (unpaired) electrons. The number of carboxylic acids is 1. The number of aliphatic carboxylic acids is 1. The lowest BCUT2D eigenvalue weighted by molar-refractivity contribution is -0.143. The number of alkyl halides is 3. The van der Waals surface area contributed by atoms with Crippen molar-refractivity contribution in [2.45, 2.75) is 18.7 Å². The van der Waals surface area contributed by atoms with Crippen LogP contribution in [0.2, 0.25) is 5.02 Å².